The second-order valence-electron chi connectivity index (χ2n) is 8.06. The molecular weight excluding hydrogens is 378 g/mol. The number of nitrogens with zero attached hydrogens (tertiary/aromatic N) is 2. The van der Waals surface area contributed by atoms with Crippen LogP contribution in [-0.4, -0.2) is 30.2 Å². The molecule has 1 amide bonds. The number of amides is 1. The van der Waals surface area contributed by atoms with Gasteiger partial charge in [-0.25, -0.2) is 4.98 Å². The van der Waals surface area contributed by atoms with E-state index in [-0.39, 0.29) is 17.9 Å². The highest BCUT2D eigenvalue weighted by Crippen LogP contribution is 2.42. The highest BCUT2D eigenvalue weighted by molar-refractivity contribution is 5.94. The van der Waals surface area contributed by atoms with Crippen LogP contribution in [0.1, 0.15) is 44.6 Å². The molecule has 1 aromatic carbocycles. The number of rotatable bonds is 7. The molecular formula is C24H27N3O3. The highest BCUT2D eigenvalue weighted by atomic mass is 16.5. The van der Waals surface area contributed by atoms with Gasteiger partial charge in [-0.1, -0.05) is 19.4 Å². The van der Waals surface area contributed by atoms with Gasteiger partial charge in [0.2, 0.25) is 5.91 Å². The molecule has 2 aliphatic rings. The standard InChI is InChI=1S/C24H27N3O3/c1-2-3-18-13-21(18)24(28)27-23-14-17(6-9-26-23)16-4-5-22(19(12-16)15-25)30-20-7-10-29-11-8-20/h4-6,9,12,14,18,20-21H,2-3,7-8,10-11,13H2,1H3,(H,26,27,28)/t18-,21-/m0/s1. The minimum Gasteiger partial charge on any atom is -0.489 e. The van der Waals surface area contributed by atoms with Crippen LogP contribution >= 0.6 is 0 Å². The van der Waals surface area contributed by atoms with E-state index in [1.54, 1.807) is 6.20 Å². The molecule has 0 radical (unpaired) electrons. The molecule has 156 valence electrons. The van der Waals surface area contributed by atoms with Crippen LogP contribution in [0.5, 0.6) is 5.75 Å². The molecule has 1 saturated heterocycles. The normalized spacial score (nSPS) is 20.9. The molecule has 1 aliphatic heterocycles. The fraction of sp³-hybridized carbons (Fsp3) is 0.458. The second kappa shape index (κ2) is 9.27. The summed E-state index contributed by atoms with van der Waals surface area (Å²) in [6, 6.07) is 11.6. The number of pyridine rings is 1. The number of carbonyl (C=O) groups is 1. The Morgan fingerprint density at radius 2 is 2.07 bits per heavy atom. The van der Waals surface area contributed by atoms with Crippen LogP contribution in [0, 0.1) is 23.2 Å². The first kappa shape index (κ1) is 20.4. The Hall–Kier alpha value is -2.91. The second-order valence-corrected chi connectivity index (χ2v) is 8.06. The minimum atomic E-state index is 0.0519. The van der Waals surface area contributed by atoms with Gasteiger partial charge in [-0.15, -0.1) is 0 Å². The zero-order valence-electron chi connectivity index (χ0n) is 17.3. The first-order chi connectivity index (χ1) is 14.7. The van der Waals surface area contributed by atoms with Crippen molar-refractivity contribution < 1.29 is 14.3 Å². The van der Waals surface area contributed by atoms with Crippen molar-refractivity contribution in [3.63, 3.8) is 0 Å². The Labute approximate surface area is 177 Å². The summed E-state index contributed by atoms with van der Waals surface area (Å²) in [5.41, 5.74) is 2.29. The highest BCUT2D eigenvalue weighted by Gasteiger charge is 2.41. The van der Waals surface area contributed by atoms with Gasteiger partial charge in [0, 0.05) is 25.0 Å². The fourth-order valence-corrected chi connectivity index (χ4v) is 4.03. The van der Waals surface area contributed by atoms with E-state index in [0.29, 0.717) is 36.3 Å². The number of anilines is 1. The third-order valence-corrected chi connectivity index (χ3v) is 5.83. The summed E-state index contributed by atoms with van der Waals surface area (Å²) in [7, 11) is 0. The molecule has 6 nitrogen and oxygen atoms in total. The zero-order chi connectivity index (χ0) is 20.9. The first-order valence-corrected chi connectivity index (χ1v) is 10.7. The topological polar surface area (TPSA) is 84.2 Å². The average molecular weight is 405 g/mol. The summed E-state index contributed by atoms with van der Waals surface area (Å²) in [6.07, 6.45) is 6.61. The van der Waals surface area contributed by atoms with Crippen LogP contribution in [0.3, 0.4) is 0 Å². The lowest BCUT2D eigenvalue weighted by Gasteiger charge is -2.23. The van der Waals surface area contributed by atoms with E-state index in [0.717, 1.165) is 43.2 Å². The number of benzene rings is 1. The van der Waals surface area contributed by atoms with E-state index in [4.69, 9.17) is 9.47 Å². The first-order valence-electron chi connectivity index (χ1n) is 10.7. The van der Waals surface area contributed by atoms with Crippen LogP contribution in [0.25, 0.3) is 11.1 Å². The van der Waals surface area contributed by atoms with Gasteiger partial charge in [-0.05, 0) is 54.2 Å². The van der Waals surface area contributed by atoms with Crippen LogP contribution < -0.4 is 10.1 Å². The maximum atomic E-state index is 12.4. The number of nitrogens with one attached hydrogen (secondary N) is 1. The van der Waals surface area contributed by atoms with Gasteiger partial charge in [0.25, 0.3) is 0 Å². The van der Waals surface area contributed by atoms with Gasteiger partial charge < -0.3 is 14.8 Å². The van der Waals surface area contributed by atoms with Gasteiger partial charge >= 0.3 is 0 Å². The minimum absolute atomic E-state index is 0.0519. The van der Waals surface area contributed by atoms with Gasteiger partial charge in [-0.2, -0.15) is 5.26 Å². The molecule has 0 bridgehead atoms. The molecule has 1 aromatic heterocycles. The predicted molar refractivity (Wildman–Crippen MR) is 114 cm³/mol. The van der Waals surface area contributed by atoms with Crippen molar-refractivity contribution in [1.29, 1.82) is 5.26 Å². The third-order valence-electron chi connectivity index (χ3n) is 5.83. The Morgan fingerprint density at radius 3 is 2.83 bits per heavy atom. The zero-order valence-corrected chi connectivity index (χ0v) is 17.3. The number of hydrogen-bond acceptors (Lipinski definition) is 5. The lowest BCUT2D eigenvalue weighted by Crippen LogP contribution is -2.26. The molecule has 2 atom stereocenters. The van der Waals surface area contributed by atoms with Crippen molar-refractivity contribution in [2.45, 2.75) is 45.1 Å². The van der Waals surface area contributed by atoms with Crippen molar-refractivity contribution in [3.8, 4) is 22.9 Å². The summed E-state index contributed by atoms with van der Waals surface area (Å²) in [5, 5.41) is 12.6. The molecule has 0 spiro atoms. The van der Waals surface area contributed by atoms with Crippen molar-refractivity contribution in [1.82, 2.24) is 4.98 Å². The molecule has 30 heavy (non-hydrogen) atoms. The van der Waals surface area contributed by atoms with Gasteiger partial charge in [0.1, 0.15) is 23.7 Å². The number of nitriles is 1. The molecule has 4 rings (SSSR count). The molecule has 2 aromatic rings. The van der Waals surface area contributed by atoms with Crippen LogP contribution in [0.15, 0.2) is 36.5 Å². The average Bonchev–Trinajstić information content (AvgIpc) is 3.55. The Bertz CT molecular complexity index is 947. The van der Waals surface area contributed by atoms with Crippen molar-refractivity contribution in [2.24, 2.45) is 11.8 Å². The Balaban J connectivity index is 1.46. The van der Waals surface area contributed by atoms with Gasteiger partial charge in [-0.3, -0.25) is 4.79 Å². The maximum absolute atomic E-state index is 12.4. The van der Waals surface area contributed by atoms with Crippen LogP contribution in [-0.2, 0) is 9.53 Å². The Kier molecular flexibility index (Phi) is 6.29. The molecule has 1 aliphatic carbocycles. The lowest BCUT2D eigenvalue weighted by atomic mass is 10.0. The van der Waals surface area contributed by atoms with Crippen molar-refractivity contribution in [2.75, 3.05) is 18.5 Å². The van der Waals surface area contributed by atoms with E-state index in [1.165, 1.54) is 0 Å². The molecule has 6 heteroatoms. The summed E-state index contributed by atoms with van der Waals surface area (Å²) in [6.45, 7) is 3.53. The molecule has 2 fully saturated rings. The third kappa shape index (κ3) is 4.80. The van der Waals surface area contributed by atoms with Gasteiger partial charge in [0.15, 0.2) is 0 Å². The largest absolute Gasteiger partial charge is 0.489 e. The maximum Gasteiger partial charge on any atom is 0.228 e. The van der Waals surface area contributed by atoms with Crippen LogP contribution in [0.2, 0.25) is 0 Å². The van der Waals surface area contributed by atoms with Crippen LogP contribution in [0.4, 0.5) is 5.82 Å². The summed E-state index contributed by atoms with van der Waals surface area (Å²) < 4.78 is 11.4. The quantitative estimate of drug-likeness (QED) is 0.730. The lowest BCUT2D eigenvalue weighted by molar-refractivity contribution is -0.117. The molecule has 2 heterocycles. The molecule has 0 unspecified atom stereocenters. The molecule has 1 N–H and O–H groups in total. The SMILES string of the molecule is CCC[C@H]1C[C@@H]1C(=O)Nc1cc(-c2ccc(OC3CCOCC3)c(C#N)c2)ccn1. The Morgan fingerprint density at radius 1 is 1.27 bits per heavy atom. The van der Waals surface area contributed by atoms with Crippen molar-refractivity contribution in [3.05, 3.63) is 42.1 Å². The fourth-order valence-electron chi connectivity index (χ4n) is 4.03. The molecule has 1 saturated carbocycles. The van der Waals surface area contributed by atoms with E-state index in [9.17, 15) is 10.1 Å². The summed E-state index contributed by atoms with van der Waals surface area (Å²) in [4.78, 5) is 16.7. The summed E-state index contributed by atoms with van der Waals surface area (Å²) in [5.74, 6) is 1.82. The van der Waals surface area contributed by atoms with Gasteiger partial charge in [0.05, 0.1) is 18.8 Å². The van der Waals surface area contributed by atoms with E-state index in [2.05, 4.69) is 23.3 Å². The van der Waals surface area contributed by atoms with E-state index < -0.39 is 0 Å². The predicted octanol–water partition coefficient (Wildman–Crippen LogP) is 4.55. The van der Waals surface area contributed by atoms with Crippen molar-refractivity contribution >= 4 is 11.7 Å². The van der Waals surface area contributed by atoms with E-state index >= 15 is 0 Å². The number of hydrogen-bond donors (Lipinski definition) is 1. The summed E-state index contributed by atoms with van der Waals surface area (Å²) >= 11 is 0. The van der Waals surface area contributed by atoms with E-state index in [1.807, 2.05) is 30.3 Å². The number of carbonyl (C=O) groups excluding carboxylic acids is 1. The monoisotopic (exact) mass is 405 g/mol. The number of aromatic nitrogens is 1. The number of ether oxygens (including phenoxy) is 2. The smallest absolute Gasteiger partial charge is 0.228 e.